The van der Waals surface area contributed by atoms with E-state index in [4.69, 9.17) is 11.2 Å². The maximum atomic E-state index is 11.3. The minimum atomic E-state index is -0.261. The molecule has 1 saturated heterocycles. The first-order valence-corrected chi connectivity index (χ1v) is 4.69. The van der Waals surface area contributed by atoms with Crippen LogP contribution in [-0.4, -0.2) is 30.2 Å². The van der Waals surface area contributed by atoms with Crippen LogP contribution in [0.1, 0.15) is 26.2 Å². The maximum Gasteiger partial charge on any atom is 0.410 e. The van der Waals surface area contributed by atoms with Gasteiger partial charge >= 0.3 is 6.09 Å². The molecule has 1 heterocycles. The molecule has 13 heavy (non-hydrogen) atoms. The van der Waals surface area contributed by atoms with Gasteiger partial charge in [-0.15, -0.1) is 6.42 Å². The minimum absolute atomic E-state index is 0.0854. The third-order valence-corrected chi connectivity index (χ3v) is 2.13. The van der Waals surface area contributed by atoms with Gasteiger partial charge in [0.25, 0.3) is 0 Å². The number of terminal acetylenes is 1. The molecule has 0 aromatic rings. The van der Waals surface area contributed by atoms with Crippen molar-refractivity contribution in [2.24, 2.45) is 0 Å². The van der Waals surface area contributed by atoms with Crippen LogP contribution in [-0.2, 0) is 4.74 Å². The highest BCUT2D eigenvalue weighted by Crippen LogP contribution is 2.12. The van der Waals surface area contributed by atoms with Crippen LogP contribution in [0.25, 0.3) is 0 Å². The highest BCUT2D eigenvalue weighted by Gasteiger charge is 2.25. The van der Waals surface area contributed by atoms with Crippen molar-refractivity contribution in [2.75, 3.05) is 13.2 Å². The van der Waals surface area contributed by atoms with Gasteiger partial charge in [0.15, 0.2) is 0 Å². The largest absolute Gasteiger partial charge is 0.449 e. The Morgan fingerprint density at radius 1 is 1.77 bits per heavy atom. The van der Waals surface area contributed by atoms with Crippen molar-refractivity contribution in [3.63, 3.8) is 0 Å². The van der Waals surface area contributed by atoms with Crippen molar-refractivity contribution >= 4 is 6.09 Å². The van der Waals surface area contributed by atoms with Gasteiger partial charge in [0.05, 0.1) is 12.6 Å². The first-order valence-electron chi connectivity index (χ1n) is 4.69. The van der Waals surface area contributed by atoms with Crippen LogP contribution in [0.2, 0.25) is 0 Å². The van der Waals surface area contributed by atoms with E-state index in [9.17, 15) is 4.79 Å². The first kappa shape index (κ1) is 9.91. The second-order valence-electron chi connectivity index (χ2n) is 3.13. The molecule has 1 aliphatic heterocycles. The standard InChI is InChI=1S/C10H15NO2/c1-3-6-9(4-2)11-7-5-8-13-10(11)12/h2,9H,3,5-8H2,1H3. The summed E-state index contributed by atoms with van der Waals surface area (Å²) in [7, 11) is 0. The predicted molar refractivity (Wildman–Crippen MR) is 50.2 cm³/mol. The SMILES string of the molecule is C#CC(CCC)N1CCCOC1=O. The Kier molecular flexibility index (Phi) is 3.63. The summed E-state index contributed by atoms with van der Waals surface area (Å²) >= 11 is 0. The lowest BCUT2D eigenvalue weighted by atomic mass is 10.1. The molecule has 0 aliphatic carbocycles. The van der Waals surface area contributed by atoms with Gasteiger partial charge in [0, 0.05) is 6.54 Å². The van der Waals surface area contributed by atoms with Crippen molar-refractivity contribution in [1.82, 2.24) is 4.90 Å². The topological polar surface area (TPSA) is 29.5 Å². The average Bonchev–Trinajstić information content (AvgIpc) is 2.16. The second kappa shape index (κ2) is 4.76. The zero-order valence-corrected chi connectivity index (χ0v) is 7.95. The van der Waals surface area contributed by atoms with Gasteiger partial charge < -0.3 is 4.74 Å². The van der Waals surface area contributed by atoms with Crippen LogP contribution in [0.5, 0.6) is 0 Å². The van der Waals surface area contributed by atoms with Crippen molar-refractivity contribution in [2.45, 2.75) is 32.2 Å². The summed E-state index contributed by atoms with van der Waals surface area (Å²) in [5, 5.41) is 0. The number of hydrogen-bond acceptors (Lipinski definition) is 2. The molecule has 1 aliphatic rings. The molecule has 0 bridgehead atoms. The molecule has 3 nitrogen and oxygen atoms in total. The third kappa shape index (κ3) is 2.38. The van der Waals surface area contributed by atoms with E-state index < -0.39 is 0 Å². The fraction of sp³-hybridized carbons (Fsp3) is 0.700. The zero-order chi connectivity index (χ0) is 9.68. The maximum absolute atomic E-state index is 11.3. The zero-order valence-electron chi connectivity index (χ0n) is 7.95. The van der Waals surface area contributed by atoms with E-state index in [0.717, 1.165) is 25.8 Å². The smallest absolute Gasteiger partial charge is 0.410 e. The number of carbonyl (C=O) groups is 1. The predicted octanol–water partition coefficient (Wildman–Crippen LogP) is 1.63. The molecule has 1 fully saturated rings. The van der Waals surface area contributed by atoms with Crippen LogP contribution in [0, 0.1) is 12.3 Å². The van der Waals surface area contributed by atoms with E-state index in [2.05, 4.69) is 12.8 Å². The molecular weight excluding hydrogens is 166 g/mol. The van der Waals surface area contributed by atoms with Gasteiger partial charge in [-0.25, -0.2) is 4.79 Å². The van der Waals surface area contributed by atoms with Crippen LogP contribution in [0.3, 0.4) is 0 Å². The molecule has 3 heteroatoms. The highest BCUT2D eigenvalue weighted by molar-refractivity contribution is 5.69. The summed E-state index contributed by atoms with van der Waals surface area (Å²) in [6.45, 7) is 3.31. The third-order valence-electron chi connectivity index (χ3n) is 2.13. The molecule has 0 aromatic carbocycles. The van der Waals surface area contributed by atoms with E-state index in [1.165, 1.54) is 0 Å². The molecule has 0 N–H and O–H groups in total. The summed E-state index contributed by atoms with van der Waals surface area (Å²) in [6, 6.07) is -0.0854. The summed E-state index contributed by atoms with van der Waals surface area (Å²) in [4.78, 5) is 12.9. The molecule has 0 saturated carbocycles. The van der Waals surface area contributed by atoms with E-state index in [0.29, 0.717) is 6.61 Å². The Bertz CT molecular complexity index is 219. The fourth-order valence-electron chi connectivity index (χ4n) is 1.45. The molecule has 0 aromatic heterocycles. The Labute approximate surface area is 79.1 Å². The van der Waals surface area contributed by atoms with Crippen molar-refractivity contribution < 1.29 is 9.53 Å². The van der Waals surface area contributed by atoms with Crippen molar-refractivity contribution in [1.29, 1.82) is 0 Å². The first-order chi connectivity index (χ1) is 6.29. The number of ether oxygens (including phenoxy) is 1. The van der Waals surface area contributed by atoms with Gasteiger partial charge in [-0.1, -0.05) is 19.3 Å². The minimum Gasteiger partial charge on any atom is -0.449 e. The van der Waals surface area contributed by atoms with Gasteiger partial charge in [0.2, 0.25) is 0 Å². The fourth-order valence-corrected chi connectivity index (χ4v) is 1.45. The van der Waals surface area contributed by atoms with Crippen LogP contribution < -0.4 is 0 Å². The molecule has 0 spiro atoms. The summed E-state index contributed by atoms with van der Waals surface area (Å²) < 4.78 is 4.91. The molecule has 1 amide bonds. The number of hydrogen-bond donors (Lipinski definition) is 0. The van der Waals surface area contributed by atoms with Crippen LogP contribution >= 0.6 is 0 Å². The van der Waals surface area contributed by atoms with Crippen LogP contribution in [0.15, 0.2) is 0 Å². The number of rotatable bonds is 3. The Morgan fingerprint density at radius 3 is 3.08 bits per heavy atom. The summed E-state index contributed by atoms with van der Waals surface area (Å²) in [5.74, 6) is 2.63. The van der Waals surface area contributed by atoms with Gasteiger partial charge in [-0.05, 0) is 12.8 Å². The normalized spacial score (nSPS) is 19.1. The molecule has 1 unspecified atom stereocenters. The van der Waals surface area contributed by atoms with E-state index in [1.807, 2.05) is 0 Å². The molecule has 1 atom stereocenters. The van der Waals surface area contributed by atoms with E-state index >= 15 is 0 Å². The van der Waals surface area contributed by atoms with Gasteiger partial charge in [-0.3, -0.25) is 4.90 Å². The van der Waals surface area contributed by atoms with Crippen molar-refractivity contribution in [3.05, 3.63) is 0 Å². The number of amides is 1. The molecule has 1 rings (SSSR count). The van der Waals surface area contributed by atoms with Crippen LogP contribution in [0.4, 0.5) is 4.79 Å². The number of nitrogens with zero attached hydrogens (tertiary/aromatic N) is 1. The molecule has 72 valence electrons. The summed E-state index contributed by atoms with van der Waals surface area (Å²) in [5.41, 5.74) is 0. The Morgan fingerprint density at radius 2 is 2.54 bits per heavy atom. The lowest BCUT2D eigenvalue weighted by molar-refractivity contribution is 0.0629. The molecular formula is C10H15NO2. The quantitative estimate of drug-likeness (QED) is 0.619. The van der Waals surface area contributed by atoms with Gasteiger partial charge in [-0.2, -0.15) is 0 Å². The van der Waals surface area contributed by atoms with E-state index in [-0.39, 0.29) is 12.1 Å². The monoisotopic (exact) mass is 181 g/mol. The Balaban J connectivity index is 2.56. The highest BCUT2D eigenvalue weighted by atomic mass is 16.6. The number of cyclic esters (lactones) is 1. The lowest BCUT2D eigenvalue weighted by Gasteiger charge is -2.30. The van der Waals surface area contributed by atoms with Gasteiger partial charge in [0.1, 0.15) is 0 Å². The second-order valence-corrected chi connectivity index (χ2v) is 3.13. The number of carbonyl (C=O) groups excluding carboxylic acids is 1. The summed E-state index contributed by atoms with van der Waals surface area (Å²) in [6.07, 6.45) is 7.81. The lowest BCUT2D eigenvalue weighted by Crippen LogP contribution is -2.44. The molecule has 0 radical (unpaired) electrons. The Hall–Kier alpha value is -1.17. The van der Waals surface area contributed by atoms with Crippen molar-refractivity contribution in [3.8, 4) is 12.3 Å². The average molecular weight is 181 g/mol. The van der Waals surface area contributed by atoms with E-state index in [1.54, 1.807) is 4.90 Å².